The quantitative estimate of drug-likeness (QED) is 0.425. The Morgan fingerprint density at radius 1 is 1.17 bits per heavy atom. The number of likely N-dealkylation sites (tertiary alicyclic amines) is 1. The molecule has 7 heteroatoms. The number of aliphatic imine (C=N–C) groups is 1. The van der Waals surface area contributed by atoms with Crippen molar-refractivity contribution in [1.29, 1.82) is 0 Å². The molecule has 0 spiro atoms. The third-order valence-corrected chi connectivity index (χ3v) is 6.14. The standard InChI is InChI=1S/C23H38N4O3/c1-5-24-22(25-17-23(7-8-23)9-11-28-2)26-19-6-10-27(16-19)15-18-12-20(29-3)14-21(13-18)30-4/h12-14,19H,5-11,15-17H2,1-4H3,(H2,24,25,26). The summed E-state index contributed by atoms with van der Waals surface area (Å²) in [5.41, 5.74) is 1.58. The highest BCUT2D eigenvalue weighted by molar-refractivity contribution is 5.80. The van der Waals surface area contributed by atoms with E-state index >= 15 is 0 Å². The van der Waals surface area contributed by atoms with Crippen LogP contribution in [0.5, 0.6) is 11.5 Å². The topological polar surface area (TPSA) is 67.4 Å². The van der Waals surface area contributed by atoms with Crippen LogP contribution in [0.3, 0.4) is 0 Å². The first-order valence-electron chi connectivity index (χ1n) is 11.1. The summed E-state index contributed by atoms with van der Waals surface area (Å²) in [4.78, 5) is 7.37. The van der Waals surface area contributed by atoms with Crippen molar-refractivity contribution in [3.63, 3.8) is 0 Å². The molecule has 2 aliphatic rings. The number of guanidine groups is 1. The van der Waals surface area contributed by atoms with E-state index < -0.39 is 0 Å². The van der Waals surface area contributed by atoms with Crippen molar-refractivity contribution in [3.05, 3.63) is 23.8 Å². The van der Waals surface area contributed by atoms with E-state index in [1.54, 1.807) is 21.3 Å². The van der Waals surface area contributed by atoms with Crippen LogP contribution in [-0.2, 0) is 11.3 Å². The first kappa shape index (κ1) is 22.7. The minimum absolute atomic E-state index is 0.367. The van der Waals surface area contributed by atoms with Gasteiger partial charge in [-0.15, -0.1) is 0 Å². The van der Waals surface area contributed by atoms with Crippen LogP contribution >= 0.6 is 0 Å². The van der Waals surface area contributed by atoms with Gasteiger partial charge in [0.25, 0.3) is 0 Å². The van der Waals surface area contributed by atoms with Gasteiger partial charge in [-0.3, -0.25) is 9.89 Å². The van der Waals surface area contributed by atoms with Crippen LogP contribution in [0.25, 0.3) is 0 Å². The lowest BCUT2D eigenvalue weighted by Gasteiger charge is -2.20. The number of rotatable bonds is 11. The zero-order valence-corrected chi connectivity index (χ0v) is 19.0. The molecule has 1 unspecified atom stereocenters. The smallest absolute Gasteiger partial charge is 0.191 e. The molecule has 2 N–H and O–H groups in total. The summed E-state index contributed by atoms with van der Waals surface area (Å²) in [6.45, 7) is 7.65. The lowest BCUT2D eigenvalue weighted by Crippen LogP contribution is -2.44. The average Bonchev–Trinajstić information content (AvgIpc) is 3.41. The molecule has 1 aliphatic heterocycles. The van der Waals surface area contributed by atoms with Crippen molar-refractivity contribution >= 4 is 5.96 Å². The fourth-order valence-electron chi connectivity index (χ4n) is 4.05. The number of nitrogens with zero attached hydrogens (tertiary/aromatic N) is 2. The first-order chi connectivity index (χ1) is 14.6. The Kier molecular flexibility index (Phi) is 8.22. The van der Waals surface area contributed by atoms with E-state index in [0.717, 1.165) is 69.6 Å². The predicted octanol–water partition coefficient (Wildman–Crippen LogP) is 2.65. The first-order valence-corrected chi connectivity index (χ1v) is 11.1. The molecule has 0 amide bonds. The number of nitrogens with one attached hydrogen (secondary N) is 2. The molecule has 1 heterocycles. The number of ether oxygens (including phenoxy) is 3. The Morgan fingerprint density at radius 3 is 2.50 bits per heavy atom. The van der Waals surface area contributed by atoms with Crippen molar-refractivity contribution in [1.82, 2.24) is 15.5 Å². The third-order valence-electron chi connectivity index (χ3n) is 6.14. The number of hydrogen-bond donors (Lipinski definition) is 2. The maximum atomic E-state index is 5.40. The van der Waals surface area contributed by atoms with E-state index in [0.29, 0.717) is 11.5 Å². The summed E-state index contributed by atoms with van der Waals surface area (Å²) in [6.07, 6.45) is 4.74. The Labute approximate surface area is 181 Å². The molecule has 1 atom stereocenters. The molecule has 2 fully saturated rings. The van der Waals surface area contributed by atoms with Gasteiger partial charge in [0.1, 0.15) is 11.5 Å². The van der Waals surface area contributed by atoms with E-state index in [-0.39, 0.29) is 0 Å². The Hall–Kier alpha value is -1.99. The summed E-state index contributed by atoms with van der Waals surface area (Å²) in [5.74, 6) is 2.61. The number of benzene rings is 1. The zero-order valence-electron chi connectivity index (χ0n) is 19.0. The number of methoxy groups -OCH3 is 3. The second-order valence-corrected chi connectivity index (χ2v) is 8.52. The molecular weight excluding hydrogens is 380 g/mol. The molecule has 30 heavy (non-hydrogen) atoms. The fraction of sp³-hybridized carbons (Fsp3) is 0.696. The van der Waals surface area contributed by atoms with Crippen LogP contribution in [-0.4, -0.2) is 71.0 Å². The van der Waals surface area contributed by atoms with E-state index in [4.69, 9.17) is 19.2 Å². The molecule has 1 aromatic rings. The van der Waals surface area contributed by atoms with Crippen molar-refractivity contribution in [2.75, 3.05) is 54.1 Å². The highest BCUT2D eigenvalue weighted by atomic mass is 16.5. The van der Waals surface area contributed by atoms with Crippen LogP contribution in [0.15, 0.2) is 23.2 Å². The molecule has 1 aliphatic carbocycles. The van der Waals surface area contributed by atoms with Crippen molar-refractivity contribution in [3.8, 4) is 11.5 Å². The van der Waals surface area contributed by atoms with Gasteiger partial charge in [-0.25, -0.2) is 0 Å². The lowest BCUT2D eigenvalue weighted by atomic mass is 10.0. The molecule has 0 radical (unpaired) electrons. The van der Waals surface area contributed by atoms with E-state index in [1.807, 2.05) is 6.07 Å². The van der Waals surface area contributed by atoms with E-state index in [2.05, 4.69) is 34.6 Å². The molecule has 3 rings (SSSR count). The van der Waals surface area contributed by atoms with E-state index in [9.17, 15) is 0 Å². The minimum Gasteiger partial charge on any atom is -0.497 e. The fourth-order valence-corrected chi connectivity index (χ4v) is 4.05. The predicted molar refractivity (Wildman–Crippen MR) is 121 cm³/mol. The van der Waals surface area contributed by atoms with Gasteiger partial charge in [0, 0.05) is 58.5 Å². The third kappa shape index (κ3) is 6.51. The SMILES string of the molecule is CCNC(=NCC1(CCOC)CC1)NC1CCN(Cc2cc(OC)cc(OC)c2)C1. The van der Waals surface area contributed by atoms with E-state index in [1.165, 1.54) is 18.4 Å². The van der Waals surface area contributed by atoms with Crippen molar-refractivity contribution in [2.24, 2.45) is 10.4 Å². The van der Waals surface area contributed by atoms with Gasteiger partial charge in [-0.1, -0.05) is 0 Å². The van der Waals surface area contributed by atoms with Crippen molar-refractivity contribution < 1.29 is 14.2 Å². The van der Waals surface area contributed by atoms with Crippen LogP contribution in [0.1, 0.15) is 38.2 Å². The van der Waals surface area contributed by atoms with Gasteiger partial charge in [-0.05, 0) is 55.7 Å². The Bertz CT molecular complexity index is 683. The van der Waals surface area contributed by atoms with Gasteiger partial charge >= 0.3 is 0 Å². The van der Waals surface area contributed by atoms with Crippen molar-refractivity contribution in [2.45, 2.75) is 45.2 Å². The lowest BCUT2D eigenvalue weighted by molar-refractivity contribution is 0.174. The Morgan fingerprint density at radius 2 is 1.90 bits per heavy atom. The van der Waals surface area contributed by atoms with Gasteiger partial charge in [0.2, 0.25) is 0 Å². The van der Waals surface area contributed by atoms with Crippen LogP contribution < -0.4 is 20.1 Å². The summed E-state index contributed by atoms with van der Waals surface area (Å²) in [5, 5.41) is 7.07. The van der Waals surface area contributed by atoms with Gasteiger partial charge in [-0.2, -0.15) is 0 Å². The summed E-state index contributed by atoms with van der Waals surface area (Å²) in [7, 11) is 5.16. The second kappa shape index (κ2) is 10.9. The normalized spacial score (nSPS) is 20.8. The van der Waals surface area contributed by atoms with Crippen LogP contribution in [0, 0.1) is 5.41 Å². The zero-order chi connectivity index (χ0) is 21.4. The molecule has 7 nitrogen and oxygen atoms in total. The molecule has 168 valence electrons. The molecular formula is C23H38N4O3. The number of hydrogen-bond acceptors (Lipinski definition) is 5. The maximum Gasteiger partial charge on any atom is 0.191 e. The van der Waals surface area contributed by atoms with Gasteiger partial charge in [0.05, 0.1) is 14.2 Å². The van der Waals surface area contributed by atoms with Crippen LogP contribution in [0.4, 0.5) is 0 Å². The van der Waals surface area contributed by atoms with Gasteiger partial charge < -0.3 is 24.8 Å². The Balaban J connectivity index is 1.53. The molecule has 1 saturated heterocycles. The van der Waals surface area contributed by atoms with Gasteiger partial charge in [0.15, 0.2) is 5.96 Å². The largest absolute Gasteiger partial charge is 0.497 e. The molecule has 0 aromatic heterocycles. The minimum atomic E-state index is 0.367. The highest BCUT2D eigenvalue weighted by Crippen LogP contribution is 2.48. The molecule has 1 saturated carbocycles. The van der Waals surface area contributed by atoms with Crippen LogP contribution in [0.2, 0.25) is 0 Å². The summed E-state index contributed by atoms with van der Waals surface area (Å²) < 4.78 is 16.1. The molecule has 1 aromatic carbocycles. The summed E-state index contributed by atoms with van der Waals surface area (Å²) in [6, 6.07) is 6.49. The highest BCUT2D eigenvalue weighted by Gasteiger charge is 2.41. The maximum absolute atomic E-state index is 5.40. The molecule has 0 bridgehead atoms. The monoisotopic (exact) mass is 418 g/mol. The second-order valence-electron chi connectivity index (χ2n) is 8.52. The summed E-state index contributed by atoms with van der Waals surface area (Å²) >= 11 is 0. The average molecular weight is 419 g/mol.